The van der Waals surface area contributed by atoms with Gasteiger partial charge in [-0.2, -0.15) is 8.78 Å². The smallest absolute Gasteiger partial charge is 0.286 e. The number of ketones is 1. The second-order valence-corrected chi connectivity index (χ2v) is 5.09. The monoisotopic (exact) mass is 343 g/mol. The summed E-state index contributed by atoms with van der Waals surface area (Å²) < 4.78 is 27.2. The van der Waals surface area contributed by atoms with E-state index in [0.717, 1.165) is 6.08 Å². The zero-order valence-corrected chi connectivity index (χ0v) is 12.7. The van der Waals surface area contributed by atoms with Gasteiger partial charge in [0.2, 0.25) is 5.78 Å². The number of nitro groups is 1. The molecule has 6 nitrogen and oxygen atoms in total. The van der Waals surface area contributed by atoms with Crippen LogP contribution in [-0.2, 0) is 0 Å². The highest BCUT2D eigenvalue weighted by Crippen LogP contribution is 2.24. The summed E-state index contributed by atoms with van der Waals surface area (Å²) >= 11 is 0. The summed E-state index contributed by atoms with van der Waals surface area (Å²) in [5, 5.41) is 11.0. The third-order valence-electron chi connectivity index (χ3n) is 3.56. The van der Waals surface area contributed by atoms with Crippen LogP contribution >= 0.6 is 0 Å². The van der Waals surface area contributed by atoms with E-state index in [1.807, 2.05) is 0 Å². The first-order valence-electron chi connectivity index (χ1n) is 7.20. The Bertz CT molecular complexity index is 996. The minimum Gasteiger partial charge on any atom is -0.286 e. The van der Waals surface area contributed by atoms with E-state index in [0.29, 0.717) is 4.57 Å². The summed E-state index contributed by atoms with van der Waals surface area (Å²) in [5.41, 5.74) is 0.416. The first-order valence-corrected chi connectivity index (χ1v) is 7.20. The number of fused-ring (bicyclic) bond motifs is 1. The minimum absolute atomic E-state index is 0.139. The molecule has 1 heterocycles. The lowest BCUT2D eigenvalue weighted by atomic mass is 10.1. The number of allylic oxidation sites excluding steroid dienone is 1. The summed E-state index contributed by atoms with van der Waals surface area (Å²) in [6.45, 7) is -2.94. The van der Waals surface area contributed by atoms with Gasteiger partial charge < -0.3 is 0 Å². The Morgan fingerprint density at radius 1 is 1.16 bits per heavy atom. The van der Waals surface area contributed by atoms with Gasteiger partial charge >= 0.3 is 6.55 Å². The maximum Gasteiger partial charge on any atom is 0.320 e. The van der Waals surface area contributed by atoms with Gasteiger partial charge in [-0.25, -0.2) is 4.98 Å². The van der Waals surface area contributed by atoms with E-state index in [1.54, 1.807) is 18.2 Å². The number of alkyl halides is 2. The molecule has 2 aromatic carbocycles. The van der Waals surface area contributed by atoms with Crippen LogP contribution in [0.15, 0.2) is 54.6 Å². The number of para-hydroxylation sites is 3. The first kappa shape index (κ1) is 16.4. The van der Waals surface area contributed by atoms with Gasteiger partial charge in [0.05, 0.1) is 21.5 Å². The second-order valence-electron chi connectivity index (χ2n) is 5.09. The molecule has 0 spiro atoms. The van der Waals surface area contributed by atoms with Gasteiger partial charge in [-0.15, -0.1) is 0 Å². The molecule has 0 radical (unpaired) electrons. The van der Waals surface area contributed by atoms with Crippen molar-refractivity contribution in [1.82, 2.24) is 9.55 Å². The van der Waals surface area contributed by atoms with Gasteiger partial charge in [0.15, 0.2) is 5.82 Å². The number of benzene rings is 2. The van der Waals surface area contributed by atoms with E-state index in [9.17, 15) is 23.7 Å². The fourth-order valence-corrected chi connectivity index (χ4v) is 2.45. The number of halogens is 2. The molecule has 0 N–H and O–H groups in total. The Kier molecular flexibility index (Phi) is 4.34. The van der Waals surface area contributed by atoms with E-state index in [2.05, 4.69) is 4.98 Å². The van der Waals surface area contributed by atoms with Crippen LogP contribution in [0.5, 0.6) is 0 Å². The van der Waals surface area contributed by atoms with Crippen molar-refractivity contribution in [3.8, 4) is 0 Å². The van der Waals surface area contributed by atoms with Gasteiger partial charge in [-0.05, 0) is 30.4 Å². The first-order chi connectivity index (χ1) is 12.0. The van der Waals surface area contributed by atoms with Crippen molar-refractivity contribution in [2.24, 2.45) is 0 Å². The third kappa shape index (κ3) is 3.14. The molecule has 0 saturated carbocycles. The topological polar surface area (TPSA) is 78.0 Å². The summed E-state index contributed by atoms with van der Waals surface area (Å²) in [6, 6.07) is 12.0. The molecule has 3 aromatic rings. The molecule has 1 aromatic heterocycles. The number of imidazole rings is 1. The van der Waals surface area contributed by atoms with Crippen LogP contribution in [0.1, 0.15) is 22.7 Å². The van der Waals surface area contributed by atoms with Gasteiger partial charge in [0.25, 0.3) is 5.69 Å². The number of hydrogen-bond acceptors (Lipinski definition) is 4. The molecule has 0 saturated heterocycles. The molecular weight excluding hydrogens is 332 g/mol. The summed E-state index contributed by atoms with van der Waals surface area (Å²) in [5.74, 6) is -1.19. The number of hydrogen-bond donors (Lipinski definition) is 0. The highest BCUT2D eigenvalue weighted by molar-refractivity contribution is 6.06. The molecule has 25 heavy (non-hydrogen) atoms. The lowest BCUT2D eigenvalue weighted by molar-refractivity contribution is -0.385. The Balaban J connectivity index is 2.01. The summed E-state index contributed by atoms with van der Waals surface area (Å²) in [6.07, 6.45) is 2.22. The van der Waals surface area contributed by atoms with Crippen LogP contribution in [-0.4, -0.2) is 20.3 Å². The van der Waals surface area contributed by atoms with E-state index in [-0.39, 0.29) is 22.3 Å². The van der Waals surface area contributed by atoms with Crippen molar-refractivity contribution < 1.29 is 18.5 Å². The molecule has 0 bridgehead atoms. The molecule has 8 heteroatoms. The number of carbonyl (C=O) groups excluding carboxylic acids is 1. The maximum absolute atomic E-state index is 13.3. The average molecular weight is 343 g/mol. The lowest BCUT2D eigenvalue weighted by Crippen LogP contribution is -2.09. The number of nitrogens with zero attached hydrogens (tertiary/aromatic N) is 3. The predicted molar refractivity (Wildman–Crippen MR) is 87.4 cm³/mol. The Hall–Kier alpha value is -3.42. The SMILES string of the molecule is O=C(/C=C/c1ccccc1[N+](=O)[O-])c1nc2ccccc2n1C(F)F. The van der Waals surface area contributed by atoms with Crippen LogP contribution in [0.4, 0.5) is 14.5 Å². The van der Waals surface area contributed by atoms with Gasteiger partial charge in [0, 0.05) is 6.07 Å². The zero-order chi connectivity index (χ0) is 18.0. The predicted octanol–water partition coefficient (Wildman–Crippen LogP) is 4.24. The molecular formula is C17H11F2N3O3. The van der Waals surface area contributed by atoms with E-state index < -0.39 is 23.1 Å². The number of rotatable bonds is 5. The fourth-order valence-electron chi connectivity index (χ4n) is 2.45. The van der Waals surface area contributed by atoms with Gasteiger partial charge in [0.1, 0.15) is 0 Å². The molecule has 0 fully saturated rings. The van der Waals surface area contributed by atoms with Crippen LogP contribution in [0.3, 0.4) is 0 Å². The maximum atomic E-state index is 13.3. The quantitative estimate of drug-likeness (QED) is 0.300. The number of aromatic nitrogens is 2. The lowest BCUT2D eigenvalue weighted by Gasteiger charge is -2.05. The van der Waals surface area contributed by atoms with Crippen molar-refractivity contribution >= 4 is 28.6 Å². The normalized spacial score (nSPS) is 11.5. The van der Waals surface area contributed by atoms with Crippen LogP contribution < -0.4 is 0 Å². The van der Waals surface area contributed by atoms with E-state index in [1.165, 1.54) is 36.4 Å². The standard InChI is InChI=1S/C17H11F2N3O3/c18-17(19)21-14-8-4-2-6-12(14)20-16(21)15(23)10-9-11-5-1-3-7-13(11)22(24)25/h1-10,17H/b10-9+. The summed E-state index contributed by atoms with van der Waals surface area (Å²) in [4.78, 5) is 26.7. The van der Waals surface area contributed by atoms with Crippen molar-refractivity contribution in [3.05, 3.63) is 76.1 Å². The molecule has 0 aliphatic rings. The Morgan fingerprint density at radius 3 is 2.56 bits per heavy atom. The third-order valence-corrected chi connectivity index (χ3v) is 3.56. The fraction of sp³-hybridized carbons (Fsp3) is 0.0588. The zero-order valence-electron chi connectivity index (χ0n) is 12.7. The average Bonchev–Trinajstić information content (AvgIpc) is 2.99. The van der Waals surface area contributed by atoms with Crippen LogP contribution in [0, 0.1) is 10.1 Å². The molecule has 0 unspecified atom stereocenters. The van der Waals surface area contributed by atoms with Crippen molar-refractivity contribution in [3.63, 3.8) is 0 Å². The highest BCUT2D eigenvalue weighted by atomic mass is 19.3. The molecule has 126 valence electrons. The van der Waals surface area contributed by atoms with Crippen LogP contribution in [0.25, 0.3) is 17.1 Å². The number of carbonyl (C=O) groups is 1. The van der Waals surface area contributed by atoms with E-state index >= 15 is 0 Å². The Morgan fingerprint density at radius 2 is 1.84 bits per heavy atom. The molecule has 0 aliphatic carbocycles. The largest absolute Gasteiger partial charge is 0.320 e. The van der Waals surface area contributed by atoms with Crippen molar-refractivity contribution in [2.45, 2.75) is 6.55 Å². The number of nitro benzene ring substituents is 1. The van der Waals surface area contributed by atoms with Crippen molar-refractivity contribution in [1.29, 1.82) is 0 Å². The second kappa shape index (κ2) is 6.60. The van der Waals surface area contributed by atoms with Gasteiger partial charge in [-0.3, -0.25) is 19.5 Å². The molecule has 3 rings (SSSR count). The molecule has 0 aliphatic heterocycles. The van der Waals surface area contributed by atoms with E-state index in [4.69, 9.17) is 0 Å². The minimum atomic E-state index is -2.94. The van der Waals surface area contributed by atoms with Crippen molar-refractivity contribution in [2.75, 3.05) is 0 Å². The summed E-state index contributed by atoms with van der Waals surface area (Å²) in [7, 11) is 0. The van der Waals surface area contributed by atoms with Crippen LogP contribution in [0.2, 0.25) is 0 Å². The molecule has 0 atom stereocenters. The molecule has 0 amide bonds. The Labute approximate surface area is 140 Å². The highest BCUT2D eigenvalue weighted by Gasteiger charge is 2.21. The van der Waals surface area contributed by atoms with Gasteiger partial charge in [-0.1, -0.05) is 24.3 Å².